The molecule has 0 aliphatic heterocycles. The second-order valence-electron chi connectivity index (χ2n) is 7.58. The van der Waals surface area contributed by atoms with Gasteiger partial charge in [-0.25, -0.2) is 14.4 Å². The van der Waals surface area contributed by atoms with Gasteiger partial charge in [0.05, 0.1) is 33.0 Å². The molecule has 0 unspecified atom stereocenters. The minimum atomic E-state index is -0.655. The van der Waals surface area contributed by atoms with Crippen LogP contribution in [-0.4, -0.2) is 71.4 Å². The predicted octanol–water partition coefficient (Wildman–Crippen LogP) is 4.08. The first-order valence-corrected chi connectivity index (χ1v) is 12.1. The van der Waals surface area contributed by atoms with Crippen molar-refractivity contribution in [1.29, 1.82) is 0 Å². The Bertz CT molecular complexity index is 559. The van der Waals surface area contributed by atoms with E-state index in [9.17, 15) is 19.2 Å². The predicted molar refractivity (Wildman–Crippen MR) is 124 cm³/mol. The number of rotatable bonds is 20. The number of esters is 1. The Morgan fingerprint density at radius 2 is 0.824 bits per heavy atom. The molecule has 0 aromatic heterocycles. The summed E-state index contributed by atoms with van der Waals surface area (Å²) in [5.41, 5.74) is 0. The van der Waals surface area contributed by atoms with Gasteiger partial charge in [-0.2, -0.15) is 0 Å². The normalized spacial score (nSPS) is 10.2. The summed E-state index contributed by atoms with van der Waals surface area (Å²) in [5.74, 6) is -0.212. The van der Waals surface area contributed by atoms with Gasteiger partial charge in [0, 0.05) is 20.5 Å². The maximum Gasteiger partial charge on any atom is 0.508 e. The van der Waals surface area contributed by atoms with E-state index in [1.54, 1.807) is 0 Å². The van der Waals surface area contributed by atoms with Crippen molar-refractivity contribution in [2.45, 2.75) is 77.0 Å². The monoisotopic (exact) mass is 490 g/mol. The third-order valence-electron chi connectivity index (χ3n) is 4.68. The fourth-order valence-corrected chi connectivity index (χ4v) is 2.75. The molecule has 0 rings (SSSR count). The Morgan fingerprint density at radius 3 is 1.24 bits per heavy atom. The standard InChI is InChI=1S/C23H42N2O9/c1-24-21(27)31-16-10-4-6-12-19-34-23(29)33-18-11-5-3-9-15-30-20(26)14-8-7-13-17-32-22(28)25-2/h3-19H2,1-2H3,(H,24,27)(H,25,28). The highest BCUT2D eigenvalue weighted by Gasteiger charge is 2.05. The van der Waals surface area contributed by atoms with Crippen LogP contribution >= 0.6 is 0 Å². The van der Waals surface area contributed by atoms with Crippen molar-refractivity contribution in [3.05, 3.63) is 0 Å². The Balaban J connectivity index is 3.32. The van der Waals surface area contributed by atoms with Gasteiger partial charge in [-0.05, 0) is 70.6 Å². The van der Waals surface area contributed by atoms with Crippen LogP contribution in [0.4, 0.5) is 14.4 Å². The zero-order valence-electron chi connectivity index (χ0n) is 20.7. The molecule has 198 valence electrons. The van der Waals surface area contributed by atoms with E-state index in [4.69, 9.17) is 23.7 Å². The van der Waals surface area contributed by atoms with Crippen LogP contribution in [0.2, 0.25) is 0 Å². The SMILES string of the molecule is CNC(=O)OCCCCCCOC(=O)OCCCCCCOC(=O)CCCCCOC(=O)NC. The van der Waals surface area contributed by atoms with E-state index in [0.717, 1.165) is 57.8 Å². The molecule has 2 amide bonds. The van der Waals surface area contributed by atoms with Crippen LogP contribution in [-0.2, 0) is 28.5 Å². The second kappa shape index (κ2) is 23.4. The first kappa shape index (κ1) is 31.3. The molecular weight excluding hydrogens is 448 g/mol. The third kappa shape index (κ3) is 22.5. The molecule has 0 aliphatic carbocycles. The number of alkyl carbamates (subject to hydrolysis) is 2. The lowest BCUT2D eigenvalue weighted by Crippen LogP contribution is -2.19. The topological polar surface area (TPSA) is 138 Å². The van der Waals surface area contributed by atoms with Crippen molar-refractivity contribution in [3.8, 4) is 0 Å². The average molecular weight is 491 g/mol. The molecule has 0 heterocycles. The highest BCUT2D eigenvalue weighted by atomic mass is 16.7. The Labute approximate surface area is 202 Å². The first-order chi connectivity index (χ1) is 16.5. The minimum absolute atomic E-state index is 0.212. The van der Waals surface area contributed by atoms with Crippen LogP contribution in [0, 0.1) is 0 Å². The lowest BCUT2D eigenvalue weighted by atomic mass is 10.2. The van der Waals surface area contributed by atoms with Crippen LogP contribution in [0.15, 0.2) is 0 Å². The molecule has 0 spiro atoms. The van der Waals surface area contributed by atoms with Gasteiger partial charge in [0.2, 0.25) is 0 Å². The van der Waals surface area contributed by atoms with E-state index < -0.39 is 18.3 Å². The number of carbonyl (C=O) groups excluding carboxylic acids is 4. The zero-order chi connectivity index (χ0) is 25.3. The third-order valence-corrected chi connectivity index (χ3v) is 4.68. The lowest BCUT2D eigenvalue weighted by molar-refractivity contribution is -0.143. The van der Waals surface area contributed by atoms with E-state index in [-0.39, 0.29) is 5.97 Å². The van der Waals surface area contributed by atoms with Gasteiger partial charge in [0.15, 0.2) is 0 Å². The summed E-state index contributed by atoms with van der Waals surface area (Å²) >= 11 is 0. The zero-order valence-corrected chi connectivity index (χ0v) is 20.7. The molecule has 0 saturated carbocycles. The van der Waals surface area contributed by atoms with Crippen molar-refractivity contribution >= 4 is 24.3 Å². The van der Waals surface area contributed by atoms with E-state index in [0.29, 0.717) is 52.3 Å². The molecular formula is C23H42N2O9. The maximum absolute atomic E-state index is 11.6. The lowest BCUT2D eigenvalue weighted by Gasteiger charge is -2.07. The van der Waals surface area contributed by atoms with Crippen LogP contribution in [0.25, 0.3) is 0 Å². The highest BCUT2D eigenvalue weighted by Crippen LogP contribution is 2.05. The molecule has 0 fully saturated rings. The van der Waals surface area contributed by atoms with Crippen LogP contribution in [0.3, 0.4) is 0 Å². The molecule has 0 aromatic carbocycles. The van der Waals surface area contributed by atoms with Gasteiger partial charge >= 0.3 is 24.3 Å². The van der Waals surface area contributed by atoms with Gasteiger partial charge in [-0.3, -0.25) is 4.79 Å². The summed E-state index contributed by atoms with van der Waals surface area (Å²) in [5, 5.41) is 4.75. The number of unbranched alkanes of at least 4 members (excludes halogenated alkanes) is 8. The van der Waals surface area contributed by atoms with E-state index in [1.165, 1.54) is 14.1 Å². The number of hydrogen-bond donors (Lipinski definition) is 2. The van der Waals surface area contributed by atoms with Crippen molar-refractivity contribution < 1.29 is 42.9 Å². The Hall–Kier alpha value is -2.72. The molecule has 0 atom stereocenters. The minimum Gasteiger partial charge on any atom is -0.466 e. The first-order valence-electron chi connectivity index (χ1n) is 12.1. The molecule has 0 saturated heterocycles. The van der Waals surface area contributed by atoms with Gasteiger partial charge in [0.1, 0.15) is 0 Å². The van der Waals surface area contributed by atoms with E-state index in [1.807, 2.05) is 0 Å². The molecule has 11 nitrogen and oxygen atoms in total. The number of nitrogens with one attached hydrogen (secondary N) is 2. The van der Waals surface area contributed by atoms with Crippen LogP contribution in [0.1, 0.15) is 77.0 Å². The fourth-order valence-electron chi connectivity index (χ4n) is 2.75. The maximum atomic E-state index is 11.6. The second-order valence-corrected chi connectivity index (χ2v) is 7.58. The average Bonchev–Trinajstić information content (AvgIpc) is 2.83. The number of ether oxygens (including phenoxy) is 5. The smallest absolute Gasteiger partial charge is 0.466 e. The Kier molecular flexibility index (Phi) is 21.6. The van der Waals surface area contributed by atoms with Gasteiger partial charge < -0.3 is 34.3 Å². The fraction of sp³-hybridized carbons (Fsp3) is 0.826. The summed E-state index contributed by atoms with van der Waals surface area (Å²) in [6.07, 6.45) is 7.57. The van der Waals surface area contributed by atoms with Gasteiger partial charge in [0.25, 0.3) is 0 Å². The highest BCUT2D eigenvalue weighted by molar-refractivity contribution is 5.69. The van der Waals surface area contributed by atoms with E-state index >= 15 is 0 Å². The van der Waals surface area contributed by atoms with E-state index in [2.05, 4.69) is 10.6 Å². The molecule has 11 heteroatoms. The number of carbonyl (C=O) groups is 4. The molecule has 0 radical (unpaired) electrons. The summed E-state index contributed by atoms with van der Waals surface area (Å²) in [6, 6.07) is 0. The Morgan fingerprint density at radius 1 is 0.471 bits per heavy atom. The van der Waals surface area contributed by atoms with Crippen molar-refractivity contribution in [2.24, 2.45) is 0 Å². The summed E-state index contributed by atoms with van der Waals surface area (Å²) in [4.78, 5) is 44.9. The quantitative estimate of drug-likeness (QED) is 0.147. The number of hydrogen-bond acceptors (Lipinski definition) is 9. The summed E-state index contributed by atoms with van der Waals surface area (Å²) in [6.45, 7) is 1.72. The summed E-state index contributed by atoms with van der Waals surface area (Å²) < 4.78 is 24.9. The largest absolute Gasteiger partial charge is 0.508 e. The molecule has 0 aromatic rings. The molecule has 0 aliphatic rings. The van der Waals surface area contributed by atoms with Gasteiger partial charge in [-0.15, -0.1) is 0 Å². The van der Waals surface area contributed by atoms with Crippen LogP contribution < -0.4 is 10.6 Å². The molecule has 0 bridgehead atoms. The number of amides is 2. The van der Waals surface area contributed by atoms with Gasteiger partial charge in [-0.1, -0.05) is 0 Å². The molecule has 34 heavy (non-hydrogen) atoms. The van der Waals surface area contributed by atoms with Crippen molar-refractivity contribution in [3.63, 3.8) is 0 Å². The summed E-state index contributed by atoms with van der Waals surface area (Å²) in [7, 11) is 3.02. The van der Waals surface area contributed by atoms with Crippen molar-refractivity contribution in [1.82, 2.24) is 10.6 Å². The van der Waals surface area contributed by atoms with Crippen LogP contribution in [0.5, 0.6) is 0 Å². The van der Waals surface area contributed by atoms with Crippen molar-refractivity contribution in [2.75, 3.05) is 47.1 Å². The molecule has 2 N–H and O–H groups in total.